The summed E-state index contributed by atoms with van der Waals surface area (Å²) in [7, 11) is 7.12. The summed E-state index contributed by atoms with van der Waals surface area (Å²) in [6.07, 6.45) is -0.676. The van der Waals surface area contributed by atoms with Gasteiger partial charge < -0.3 is 14.5 Å². The van der Waals surface area contributed by atoms with Crippen LogP contribution in [0, 0.1) is 0 Å². The number of carbonyl (C=O) groups excluding carboxylic acids is 1. The molecule has 96 valence electrons. The predicted octanol–water partition coefficient (Wildman–Crippen LogP) is 1.13. The molecule has 1 atom stereocenters. The number of rotatable bonds is 1. The molecule has 1 aromatic rings. The molecule has 0 bridgehead atoms. The van der Waals surface area contributed by atoms with Gasteiger partial charge in [0, 0.05) is 28.2 Å². The first kappa shape index (κ1) is 12.4. The minimum absolute atomic E-state index is 0.114. The molecular weight excluding hydrogens is 230 g/mol. The third-order valence-corrected chi connectivity index (χ3v) is 2.70. The molecule has 0 fully saturated rings. The fourth-order valence-corrected chi connectivity index (χ4v) is 1.74. The van der Waals surface area contributed by atoms with E-state index in [1.807, 2.05) is 43.3 Å². The fraction of sp³-hybridized carbons (Fsp3) is 0.385. The average molecular weight is 247 g/mol. The molecule has 2 rings (SSSR count). The number of ether oxygens (including phenoxy) is 1. The first-order valence-electron chi connectivity index (χ1n) is 5.73. The van der Waals surface area contributed by atoms with E-state index in [1.54, 1.807) is 14.1 Å². The third-order valence-electron chi connectivity index (χ3n) is 2.70. The van der Waals surface area contributed by atoms with Crippen molar-refractivity contribution in [3.8, 4) is 5.75 Å². The second-order valence-electron chi connectivity index (χ2n) is 4.56. The predicted molar refractivity (Wildman–Crippen MR) is 70.3 cm³/mol. The molecule has 1 aliphatic heterocycles. The van der Waals surface area contributed by atoms with Gasteiger partial charge in [0.15, 0.2) is 5.84 Å². The minimum Gasteiger partial charge on any atom is -0.470 e. The van der Waals surface area contributed by atoms with Gasteiger partial charge in [-0.2, -0.15) is 0 Å². The highest BCUT2D eigenvalue weighted by molar-refractivity contribution is 6.08. The first-order chi connectivity index (χ1) is 8.50. The van der Waals surface area contributed by atoms with Gasteiger partial charge in [0.2, 0.25) is 6.10 Å². The van der Waals surface area contributed by atoms with E-state index in [4.69, 9.17) is 4.74 Å². The molecule has 1 aliphatic rings. The van der Waals surface area contributed by atoms with Crippen molar-refractivity contribution in [1.82, 2.24) is 9.80 Å². The number of benzene rings is 1. The Morgan fingerprint density at radius 3 is 2.50 bits per heavy atom. The smallest absolute Gasteiger partial charge is 0.271 e. The van der Waals surface area contributed by atoms with Crippen LogP contribution in [0.25, 0.3) is 0 Å². The number of likely N-dealkylation sites (N-methyl/N-ethyl adjacent to an activating group) is 2. The Hall–Kier alpha value is -2.04. The summed E-state index contributed by atoms with van der Waals surface area (Å²) in [6.45, 7) is 0. The zero-order chi connectivity index (χ0) is 13.3. The second-order valence-corrected chi connectivity index (χ2v) is 4.56. The summed E-state index contributed by atoms with van der Waals surface area (Å²) in [5, 5.41) is 0. The third kappa shape index (κ3) is 2.16. The van der Waals surface area contributed by atoms with E-state index in [1.165, 1.54) is 4.90 Å². The molecule has 1 unspecified atom stereocenters. The zero-order valence-electron chi connectivity index (χ0n) is 11.0. The monoisotopic (exact) mass is 247 g/mol. The van der Waals surface area contributed by atoms with Crippen LogP contribution in [0.1, 0.15) is 0 Å². The molecule has 18 heavy (non-hydrogen) atoms. The van der Waals surface area contributed by atoms with Crippen LogP contribution in [-0.2, 0) is 4.79 Å². The standard InChI is InChI=1S/C13H17N3O2/c1-15(2)12-11(13(17)16(3)4)18-10-8-6-5-7-9(10)14-12/h5-8,11H,1-4H3. The van der Waals surface area contributed by atoms with Gasteiger partial charge in [-0.1, -0.05) is 12.1 Å². The number of hydrogen-bond donors (Lipinski definition) is 0. The topological polar surface area (TPSA) is 45.1 Å². The van der Waals surface area contributed by atoms with Crippen LogP contribution in [0.4, 0.5) is 5.69 Å². The summed E-state index contributed by atoms with van der Waals surface area (Å²) in [5.74, 6) is 1.15. The number of carbonyl (C=O) groups is 1. The molecule has 1 aromatic carbocycles. The van der Waals surface area contributed by atoms with E-state index in [0.29, 0.717) is 11.6 Å². The zero-order valence-corrected chi connectivity index (χ0v) is 11.0. The van der Waals surface area contributed by atoms with Crippen molar-refractivity contribution in [2.24, 2.45) is 4.99 Å². The van der Waals surface area contributed by atoms with Crippen LogP contribution in [0.2, 0.25) is 0 Å². The number of amides is 1. The maximum Gasteiger partial charge on any atom is 0.271 e. The normalized spacial score (nSPS) is 17.3. The van der Waals surface area contributed by atoms with E-state index < -0.39 is 6.10 Å². The molecule has 0 spiro atoms. The van der Waals surface area contributed by atoms with Crippen LogP contribution < -0.4 is 4.74 Å². The largest absolute Gasteiger partial charge is 0.470 e. The molecule has 0 saturated carbocycles. The van der Waals surface area contributed by atoms with Gasteiger partial charge >= 0.3 is 0 Å². The summed E-state index contributed by atoms with van der Waals surface area (Å²) >= 11 is 0. The van der Waals surface area contributed by atoms with Gasteiger partial charge in [-0.15, -0.1) is 0 Å². The summed E-state index contributed by atoms with van der Waals surface area (Å²) < 4.78 is 5.77. The summed E-state index contributed by atoms with van der Waals surface area (Å²) in [4.78, 5) is 19.9. The second kappa shape index (κ2) is 4.68. The molecule has 1 heterocycles. The van der Waals surface area contributed by atoms with Crippen LogP contribution in [0.15, 0.2) is 29.3 Å². The number of para-hydroxylation sites is 2. The molecule has 0 saturated heterocycles. The fourth-order valence-electron chi connectivity index (χ4n) is 1.74. The average Bonchev–Trinajstić information content (AvgIpc) is 2.36. The molecule has 0 aliphatic carbocycles. The van der Waals surface area contributed by atoms with E-state index in [-0.39, 0.29) is 5.91 Å². The Balaban J connectivity index is 2.42. The Morgan fingerprint density at radius 2 is 1.89 bits per heavy atom. The van der Waals surface area contributed by atoms with E-state index in [2.05, 4.69) is 4.99 Å². The summed E-state index contributed by atoms with van der Waals surface area (Å²) in [5.41, 5.74) is 0.754. The van der Waals surface area contributed by atoms with Gasteiger partial charge in [-0.25, -0.2) is 4.99 Å². The highest BCUT2D eigenvalue weighted by Crippen LogP contribution is 2.32. The molecule has 1 amide bonds. The molecule has 5 nitrogen and oxygen atoms in total. The van der Waals surface area contributed by atoms with Gasteiger partial charge in [0.25, 0.3) is 5.91 Å². The Labute approximate surface area is 107 Å². The van der Waals surface area contributed by atoms with Crippen molar-refractivity contribution in [3.05, 3.63) is 24.3 Å². The first-order valence-corrected chi connectivity index (χ1v) is 5.73. The maximum absolute atomic E-state index is 12.1. The number of nitrogens with zero attached hydrogens (tertiary/aromatic N) is 3. The number of amidine groups is 1. The molecule has 0 aromatic heterocycles. The Bertz CT molecular complexity index is 495. The van der Waals surface area contributed by atoms with E-state index in [0.717, 1.165) is 5.69 Å². The van der Waals surface area contributed by atoms with E-state index >= 15 is 0 Å². The van der Waals surface area contributed by atoms with Gasteiger partial charge in [-0.3, -0.25) is 4.79 Å². The number of hydrogen-bond acceptors (Lipinski definition) is 4. The lowest BCUT2D eigenvalue weighted by Gasteiger charge is -2.30. The molecule has 5 heteroatoms. The van der Waals surface area contributed by atoms with Gasteiger partial charge in [-0.05, 0) is 12.1 Å². The van der Waals surface area contributed by atoms with Gasteiger partial charge in [0.05, 0.1) is 0 Å². The maximum atomic E-state index is 12.1. The number of fused-ring (bicyclic) bond motifs is 1. The quantitative estimate of drug-likeness (QED) is 0.747. The van der Waals surface area contributed by atoms with Gasteiger partial charge in [0.1, 0.15) is 11.4 Å². The summed E-state index contributed by atoms with van der Waals surface area (Å²) in [6, 6.07) is 7.45. The highest BCUT2D eigenvalue weighted by Gasteiger charge is 2.33. The van der Waals surface area contributed by atoms with Crippen LogP contribution in [0.5, 0.6) is 5.75 Å². The van der Waals surface area contributed by atoms with Crippen LogP contribution in [0.3, 0.4) is 0 Å². The molecule has 0 radical (unpaired) electrons. The van der Waals surface area contributed by atoms with Crippen LogP contribution >= 0.6 is 0 Å². The lowest BCUT2D eigenvalue weighted by Crippen LogP contribution is -2.49. The Kier molecular flexibility index (Phi) is 3.23. The van der Waals surface area contributed by atoms with Crippen LogP contribution in [-0.4, -0.2) is 55.8 Å². The van der Waals surface area contributed by atoms with Crippen molar-refractivity contribution in [3.63, 3.8) is 0 Å². The SMILES string of the molecule is CN(C)C(=O)C1Oc2ccccc2N=C1N(C)C. The minimum atomic E-state index is -0.676. The van der Waals surface area contributed by atoms with Crippen molar-refractivity contribution >= 4 is 17.4 Å². The molecule has 0 N–H and O–H groups in total. The van der Waals surface area contributed by atoms with Crippen molar-refractivity contribution in [2.45, 2.75) is 6.10 Å². The lowest BCUT2D eigenvalue weighted by molar-refractivity contribution is -0.133. The molecular formula is C13H17N3O2. The number of aliphatic imine (C=N–C) groups is 1. The lowest BCUT2D eigenvalue weighted by atomic mass is 10.2. The van der Waals surface area contributed by atoms with Crippen molar-refractivity contribution < 1.29 is 9.53 Å². The van der Waals surface area contributed by atoms with Crippen molar-refractivity contribution in [1.29, 1.82) is 0 Å². The van der Waals surface area contributed by atoms with E-state index in [9.17, 15) is 4.79 Å². The van der Waals surface area contributed by atoms with Crippen molar-refractivity contribution in [2.75, 3.05) is 28.2 Å². The highest BCUT2D eigenvalue weighted by atomic mass is 16.5. The Morgan fingerprint density at radius 1 is 1.22 bits per heavy atom.